The summed E-state index contributed by atoms with van der Waals surface area (Å²) in [7, 11) is 0. The lowest BCUT2D eigenvalue weighted by Crippen LogP contribution is -2.07. The molecule has 28 heavy (non-hydrogen) atoms. The number of carbonyl (C=O) groups is 1. The van der Waals surface area contributed by atoms with E-state index < -0.39 is 5.97 Å². The van der Waals surface area contributed by atoms with Crippen LogP contribution in [0.3, 0.4) is 0 Å². The third kappa shape index (κ3) is 4.70. The molecule has 1 aromatic carbocycles. The molecule has 0 amide bonds. The number of nitrogens with zero attached hydrogens (tertiary/aromatic N) is 2. The number of carboxylic acid groups (broad SMARTS) is 1. The Morgan fingerprint density at radius 2 is 2.11 bits per heavy atom. The number of ether oxygens (including phenoxy) is 1. The van der Waals surface area contributed by atoms with Crippen molar-refractivity contribution in [1.82, 2.24) is 9.97 Å². The van der Waals surface area contributed by atoms with Crippen LogP contribution < -0.4 is 4.74 Å². The SMILES string of the molecule is Cc1cc(CCC(=O)O)ccc1-c1coc(-c2cnc(OC(C)C)c(Cl)c2)n1. The van der Waals surface area contributed by atoms with E-state index in [9.17, 15) is 4.79 Å². The van der Waals surface area contributed by atoms with E-state index in [-0.39, 0.29) is 12.5 Å². The molecule has 0 radical (unpaired) electrons. The van der Waals surface area contributed by atoms with Crippen molar-refractivity contribution in [3.8, 4) is 28.6 Å². The van der Waals surface area contributed by atoms with Gasteiger partial charge in [0.15, 0.2) is 0 Å². The predicted octanol–water partition coefficient (Wildman–Crippen LogP) is 5.17. The summed E-state index contributed by atoms with van der Waals surface area (Å²) in [5.41, 5.74) is 4.25. The molecule has 2 heterocycles. The van der Waals surface area contributed by atoms with Crippen molar-refractivity contribution in [2.24, 2.45) is 0 Å². The Bertz CT molecular complexity index is 998. The van der Waals surface area contributed by atoms with E-state index in [4.69, 9.17) is 25.9 Å². The van der Waals surface area contributed by atoms with E-state index in [1.165, 1.54) is 0 Å². The van der Waals surface area contributed by atoms with Crippen molar-refractivity contribution in [3.05, 3.63) is 52.9 Å². The Morgan fingerprint density at radius 3 is 2.75 bits per heavy atom. The molecule has 0 unspecified atom stereocenters. The van der Waals surface area contributed by atoms with Crippen LogP contribution in [-0.4, -0.2) is 27.1 Å². The minimum absolute atomic E-state index is 0.0226. The molecule has 0 aliphatic carbocycles. The number of halogens is 1. The fourth-order valence-electron chi connectivity index (χ4n) is 2.80. The molecule has 6 nitrogen and oxygen atoms in total. The van der Waals surface area contributed by atoms with Crippen molar-refractivity contribution in [3.63, 3.8) is 0 Å². The fourth-order valence-corrected chi connectivity index (χ4v) is 3.01. The first-order chi connectivity index (χ1) is 13.3. The van der Waals surface area contributed by atoms with Crippen LogP contribution in [0.4, 0.5) is 0 Å². The number of rotatable bonds is 7. The van der Waals surface area contributed by atoms with Crippen molar-refractivity contribution in [1.29, 1.82) is 0 Å². The molecule has 7 heteroatoms. The molecule has 2 aromatic heterocycles. The maximum atomic E-state index is 10.7. The van der Waals surface area contributed by atoms with Crippen LogP contribution in [0, 0.1) is 6.92 Å². The minimum Gasteiger partial charge on any atom is -0.481 e. The van der Waals surface area contributed by atoms with Crippen molar-refractivity contribution in [2.75, 3.05) is 0 Å². The van der Waals surface area contributed by atoms with Crippen LogP contribution in [0.1, 0.15) is 31.4 Å². The maximum absolute atomic E-state index is 10.7. The summed E-state index contributed by atoms with van der Waals surface area (Å²) in [6.45, 7) is 5.77. The molecule has 0 saturated heterocycles. The lowest BCUT2D eigenvalue weighted by Gasteiger charge is -2.10. The molecule has 0 bridgehead atoms. The summed E-state index contributed by atoms with van der Waals surface area (Å²) in [6, 6.07) is 7.53. The molecule has 3 aromatic rings. The summed E-state index contributed by atoms with van der Waals surface area (Å²) in [4.78, 5) is 19.5. The Kier molecular flexibility index (Phi) is 5.99. The van der Waals surface area contributed by atoms with Gasteiger partial charge in [-0.05, 0) is 44.4 Å². The zero-order valence-corrected chi connectivity index (χ0v) is 16.7. The smallest absolute Gasteiger partial charge is 0.303 e. The van der Waals surface area contributed by atoms with Gasteiger partial charge in [0.25, 0.3) is 0 Å². The van der Waals surface area contributed by atoms with Crippen LogP contribution in [0.15, 0.2) is 41.1 Å². The van der Waals surface area contributed by atoms with E-state index in [0.717, 1.165) is 16.7 Å². The standard InChI is InChI=1S/C21H21ClN2O4/c1-12(2)28-21-17(22)9-15(10-23-21)20-24-18(11-27-20)16-6-4-14(8-13(16)3)5-7-19(25)26/h4,6,8-12H,5,7H2,1-3H3,(H,25,26). The summed E-state index contributed by atoms with van der Waals surface area (Å²) in [5, 5.41) is 9.22. The highest BCUT2D eigenvalue weighted by Gasteiger charge is 2.14. The van der Waals surface area contributed by atoms with Crippen LogP contribution >= 0.6 is 11.6 Å². The Morgan fingerprint density at radius 1 is 1.32 bits per heavy atom. The van der Waals surface area contributed by atoms with Crippen molar-refractivity contribution >= 4 is 17.6 Å². The normalized spacial score (nSPS) is 11.0. The van der Waals surface area contributed by atoms with Crippen LogP contribution in [0.5, 0.6) is 5.88 Å². The molecular weight excluding hydrogens is 380 g/mol. The zero-order chi connectivity index (χ0) is 20.3. The van der Waals surface area contributed by atoms with Gasteiger partial charge in [-0.1, -0.05) is 29.8 Å². The summed E-state index contributed by atoms with van der Waals surface area (Å²) in [5.74, 6) is -0.0187. The van der Waals surface area contributed by atoms with Gasteiger partial charge in [0.1, 0.15) is 17.0 Å². The lowest BCUT2D eigenvalue weighted by atomic mass is 10.0. The van der Waals surface area contributed by atoms with E-state index in [1.54, 1.807) is 18.5 Å². The quantitative estimate of drug-likeness (QED) is 0.588. The van der Waals surface area contributed by atoms with Gasteiger partial charge in [-0.15, -0.1) is 0 Å². The molecule has 0 aliphatic rings. The summed E-state index contributed by atoms with van der Waals surface area (Å²) >= 11 is 6.24. The largest absolute Gasteiger partial charge is 0.481 e. The molecule has 3 rings (SSSR count). The number of hydrogen-bond donors (Lipinski definition) is 1. The molecule has 0 atom stereocenters. The molecule has 0 saturated carbocycles. The van der Waals surface area contributed by atoms with E-state index >= 15 is 0 Å². The highest BCUT2D eigenvalue weighted by Crippen LogP contribution is 2.31. The third-order valence-electron chi connectivity index (χ3n) is 4.10. The molecule has 1 N–H and O–H groups in total. The number of aliphatic carboxylic acids is 1. The number of aryl methyl sites for hydroxylation is 2. The van der Waals surface area contributed by atoms with Gasteiger partial charge < -0.3 is 14.3 Å². The molecule has 146 valence electrons. The van der Waals surface area contributed by atoms with Crippen molar-refractivity contribution < 1.29 is 19.1 Å². The third-order valence-corrected chi connectivity index (χ3v) is 4.37. The average molecular weight is 401 g/mol. The second-order valence-electron chi connectivity index (χ2n) is 6.76. The molecule has 0 spiro atoms. The summed E-state index contributed by atoms with van der Waals surface area (Å²) in [6.07, 6.45) is 3.78. The van der Waals surface area contributed by atoms with Crippen molar-refractivity contribution in [2.45, 2.75) is 39.7 Å². The Hall–Kier alpha value is -2.86. The van der Waals surface area contributed by atoms with Gasteiger partial charge in [-0.3, -0.25) is 4.79 Å². The summed E-state index contributed by atoms with van der Waals surface area (Å²) < 4.78 is 11.2. The maximum Gasteiger partial charge on any atom is 0.303 e. The highest BCUT2D eigenvalue weighted by molar-refractivity contribution is 6.32. The van der Waals surface area contributed by atoms with Gasteiger partial charge in [0, 0.05) is 18.2 Å². The van der Waals surface area contributed by atoms with Crippen LogP contribution in [0.25, 0.3) is 22.7 Å². The Labute approximate surface area is 168 Å². The zero-order valence-electron chi connectivity index (χ0n) is 15.9. The second kappa shape index (κ2) is 8.44. The molecule has 0 aliphatic heterocycles. The van der Waals surface area contributed by atoms with Crippen LogP contribution in [-0.2, 0) is 11.2 Å². The second-order valence-corrected chi connectivity index (χ2v) is 7.17. The van der Waals surface area contributed by atoms with E-state index in [0.29, 0.717) is 34.5 Å². The fraction of sp³-hybridized carbons (Fsp3) is 0.286. The first-order valence-electron chi connectivity index (χ1n) is 8.93. The Balaban J connectivity index is 1.82. The molecular formula is C21H21ClN2O4. The lowest BCUT2D eigenvalue weighted by molar-refractivity contribution is -0.136. The first-order valence-corrected chi connectivity index (χ1v) is 9.31. The minimum atomic E-state index is -0.806. The molecule has 0 fully saturated rings. The number of pyridine rings is 1. The number of benzene rings is 1. The monoisotopic (exact) mass is 400 g/mol. The van der Waals surface area contributed by atoms with E-state index in [2.05, 4.69) is 9.97 Å². The van der Waals surface area contributed by atoms with Gasteiger partial charge >= 0.3 is 5.97 Å². The number of oxazole rings is 1. The number of carboxylic acids is 1. The predicted molar refractivity (Wildman–Crippen MR) is 107 cm³/mol. The van der Waals surface area contributed by atoms with Gasteiger partial charge in [0.05, 0.1) is 11.7 Å². The highest BCUT2D eigenvalue weighted by atomic mass is 35.5. The number of aromatic nitrogens is 2. The van der Waals surface area contributed by atoms with Gasteiger partial charge in [0.2, 0.25) is 11.8 Å². The average Bonchev–Trinajstić information content (AvgIpc) is 3.11. The topological polar surface area (TPSA) is 85.5 Å². The number of hydrogen-bond acceptors (Lipinski definition) is 5. The van der Waals surface area contributed by atoms with Gasteiger partial charge in [-0.2, -0.15) is 0 Å². The van der Waals surface area contributed by atoms with Crippen LogP contribution in [0.2, 0.25) is 5.02 Å². The van der Waals surface area contributed by atoms with E-state index in [1.807, 2.05) is 39.0 Å². The first kappa shape index (κ1) is 19.9. The van der Waals surface area contributed by atoms with Gasteiger partial charge in [-0.25, -0.2) is 9.97 Å².